The lowest BCUT2D eigenvalue weighted by molar-refractivity contribution is -0.117. The van der Waals surface area contributed by atoms with Crippen molar-refractivity contribution in [3.05, 3.63) is 53.0 Å². The molecule has 1 unspecified atom stereocenters. The number of thioether (sulfide) groups is 1. The Bertz CT molecular complexity index is 1070. The lowest BCUT2D eigenvalue weighted by atomic mass is 10.2. The predicted octanol–water partition coefficient (Wildman–Crippen LogP) is 4.09. The Morgan fingerprint density at radius 3 is 2.83 bits per heavy atom. The summed E-state index contributed by atoms with van der Waals surface area (Å²) in [6.45, 7) is 1.88. The summed E-state index contributed by atoms with van der Waals surface area (Å²) in [7, 11) is 0. The number of anilines is 2. The van der Waals surface area contributed by atoms with E-state index < -0.39 is 0 Å². The van der Waals surface area contributed by atoms with E-state index in [1.165, 1.54) is 11.8 Å². The van der Waals surface area contributed by atoms with E-state index in [0.29, 0.717) is 22.4 Å². The Kier molecular flexibility index (Phi) is 5.68. The smallest absolute Gasteiger partial charge is 0.237 e. The molecule has 0 spiro atoms. The first-order chi connectivity index (χ1) is 14.0. The van der Waals surface area contributed by atoms with Crippen LogP contribution in [0.4, 0.5) is 11.4 Å². The van der Waals surface area contributed by atoms with Gasteiger partial charge in [0.2, 0.25) is 17.0 Å². The molecule has 0 saturated heterocycles. The van der Waals surface area contributed by atoms with Crippen molar-refractivity contribution in [3.63, 3.8) is 0 Å². The number of nitrogens with one attached hydrogen (secondary N) is 2. The molecule has 2 heterocycles. The molecule has 148 valence electrons. The van der Waals surface area contributed by atoms with Crippen molar-refractivity contribution in [1.82, 2.24) is 15.2 Å². The number of amides is 2. The summed E-state index contributed by atoms with van der Waals surface area (Å²) in [6, 6.07) is 14.8. The number of H-pyrrole nitrogens is 1. The largest absolute Gasteiger partial charge is 0.324 e. The van der Waals surface area contributed by atoms with Crippen LogP contribution in [0.15, 0.2) is 58.2 Å². The second-order valence-electron chi connectivity index (χ2n) is 6.62. The molecule has 0 fully saturated rings. The van der Waals surface area contributed by atoms with Gasteiger partial charge in [0.25, 0.3) is 0 Å². The highest BCUT2D eigenvalue weighted by molar-refractivity contribution is 9.10. The van der Waals surface area contributed by atoms with Gasteiger partial charge in [-0.1, -0.05) is 58.0 Å². The first kappa shape index (κ1) is 19.7. The minimum Gasteiger partial charge on any atom is -0.324 e. The number of hydrogen-bond acceptors (Lipinski definition) is 5. The van der Waals surface area contributed by atoms with Gasteiger partial charge in [0.05, 0.1) is 17.1 Å². The normalized spacial score (nSPS) is 16.1. The molecule has 3 aromatic rings. The van der Waals surface area contributed by atoms with E-state index in [0.717, 1.165) is 10.0 Å². The van der Waals surface area contributed by atoms with Gasteiger partial charge in [-0.15, -0.1) is 5.10 Å². The Labute approximate surface area is 180 Å². The zero-order valence-electron chi connectivity index (χ0n) is 15.6. The number of carbonyl (C=O) groups excluding carboxylic acids is 2. The number of benzene rings is 2. The molecule has 2 amide bonds. The maximum atomic E-state index is 13.0. The fourth-order valence-electron chi connectivity index (χ4n) is 3.25. The minimum absolute atomic E-state index is 0.0973. The van der Waals surface area contributed by atoms with Crippen LogP contribution >= 0.6 is 27.7 Å². The van der Waals surface area contributed by atoms with Crippen LogP contribution in [0.3, 0.4) is 0 Å². The highest BCUT2D eigenvalue weighted by atomic mass is 79.9. The Morgan fingerprint density at radius 1 is 1.24 bits per heavy atom. The first-order valence-corrected chi connectivity index (χ1v) is 10.8. The molecule has 2 aromatic carbocycles. The molecule has 0 aliphatic carbocycles. The van der Waals surface area contributed by atoms with Crippen molar-refractivity contribution in [3.8, 4) is 11.4 Å². The fourth-order valence-corrected chi connectivity index (χ4v) is 4.38. The highest BCUT2D eigenvalue weighted by Crippen LogP contribution is 2.32. The van der Waals surface area contributed by atoms with Crippen LogP contribution in [0.1, 0.15) is 13.3 Å². The number of fused-ring (bicyclic) bond motifs is 1. The SMILES string of the molecule is CC1CC(=O)Nc2ccccc2N1C(=O)CSc1n[nH]c(-c2ccccc2Br)n1. The van der Waals surface area contributed by atoms with Crippen LogP contribution in [0, 0.1) is 0 Å². The van der Waals surface area contributed by atoms with Crippen LogP contribution in [0.25, 0.3) is 11.4 Å². The monoisotopic (exact) mass is 471 g/mol. The van der Waals surface area contributed by atoms with E-state index in [1.54, 1.807) is 11.0 Å². The van der Waals surface area contributed by atoms with E-state index in [9.17, 15) is 9.59 Å². The quantitative estimate of drug-likeness (QED) is 0.559. The Hall–Kier alpha value is -2.65. The third-order valence-electron chi connectivity index (χ3n) is 4.55. The zero-order chi connectivity index (χ0) is 20.4. The van der Waals surface area contributed by atoms with Crippen LogP contribution in [0.2, 0.25) is 0 Å². The lowest BCUT2D eigenvalue weighted by Crippen LogP contribution is -2.40. The van der Waals surface area contributed by atoms with E-state index in [2.05, 4.69) is 36.4 Å². The number of halogens is 1. The van der Waals surface area contributed by atoms with Gasteiger partial charge in [0.15, 0.2) is 5.82 Å². The number of aromatic nitrogens is 3. The van der Waals surface area contributed by atoms with E-state index in [4.69, 9.17) is 0 Å². The summed E-state index contributed by atoms with van der Waals surface area (Å²) in [5.74, 6) is 0.606. The summed E-state index contributed by atoms with van der Waals surface area (Å²) < 4.78 is 0.913. The molecule has 1 atom stereocenters. The number of rotatable bonds is 4. The number of carbonyl (C=O) groups is 2. The third-order valence-corrected chi connectivity index (χ3v) is 6.07. The molecule has 1 aliphatic heterocycles. The Balaban J connectivity index is 1.50. The molecule has 9 heteroatoms. The summed E-state index contributed by atoms with van der Waals surface area (Å²) in [5.41, 5.74) is 2.26. The number of aromatic amines is 1. The van der Waals surface area contributed by atoms with Gasteiger partial charge in [0.1, 0.15) is 0 Å². The molecule has 4 rings (SSSR count). The van der Waals surface area contributed by atoms with Crippen molar-refractivity contribution in [1.29, 1.82) is 0 Å². The molecular weight excluding hydrogens is 454 g/mol. The topological polar surface area (TPSA) is 91.0 Å². The van der Waals surface area contributed by atoms with Crippen molar-refractivity contribution in [2.45, 2.75) is 24.5 Å². The molecular formula is C20H18BrN5O2S. The predicted molar refractivity (Wildman–Crippen MR) is 117 cm³/mol. The van der Waals surface area contributed by atoms with Gasteiger partial charge in [-0.05, 0) is 25.1 Å². The van der Waals surface area contributed by atoms with E-state index in [1.807, 2.05) is 49.4 Å². The van der Waals surface area contributed by atoms with Crippen molar-refractivity contribution in [2.24, 2.45) is 0 Å². The molecule has 1 aliphatic rings. The lowest BCUT2D eigenvalue weighted by Gasteiger charge is -2.27. The highest BCUT2D eigenvalue weighted by Gasteiger charge is 2.29. The third kappa shape index (κ3) is 4.20. The van der Waals surface area contributed by atoms with Crippen molar-refractivity contribution < 1.29 is 9.59 Å². The maximum Gasteiger partial charge on any atom is 0.237 e. The van der Waals surface area contributed by atoms with E-state index >= 15 is 0 Å². The fraction of sp³-hybridized carbons (Fsp3) is 0.200. The van der Waals surface area contributed by atoms with Gasteiger partial charge in [-0.3, -0.25) is 14.7 Å². The van der Waals surface area contributed by atoms with Gasteiger partial charge in [-0.2, -0.15) is 0 Å². The standard InChI is InChI=1S/C20H18BrN5O2S/c1-12-10-17(27)22-15-8-4-5-9-16(15)26(12)18(28)11-29-20-23-19(24-25-20)13-6-2-3-7-14(13)21/h2-9,12H,10-11H2,1H3,(H,22,27)(H,23,24,25). The van der Waals surface area contributed by atoms with Gasteiger partial charge in [0, 0.05) is 22.5 Å². The van der Waals surface area contributed by atoms with Crippen LogP contribution in [0.5, 0.6) is 0 Å². The second kappa shape index (κ2) is 8.38. The zero-order valence-corrected chi connectivity index (χ0v) is 18.0. The van der Waals surface area contributed by atoms with Gasteiger partial charge in [-0.25, -0.2) is 4.98 Å². The van der Waals surface area contributed by atoms with Crippen molar-refractivity contribution in [2.75, 3.05) is 16.0 Å². The molecule has 7 nitrogen and oxygen atoms in total. The molecule has 29 heavy (non-hydrogen) atoms. The molecule has 0 radical (unpaired) electrons. The summed E-state index contributed by atoms with van der Waals surface area (Å²) in [4.78, 5) is 31.3. The number of para-hydroxylation sites is 2. The van der Waals surface area contributed by atoms with Crippen molar-refractivity contribution >= 4 is 50.9 Å². The van der Waals surface area contributed by atoms with E-state index in [-0.39, 0.29) is 30.0 Å². The first-order valence-electron chi connectivity index (χ1n) is 9.04. The summed E-state index contributed by atoms with van der Waals surface area (Å²) in [6.07, 6.45) is 0.248. The Morgan fingerprint density at radius 2 is 2.00 bits per heavy atom. The van der Waals surface area contributed by atoms with Crippen LogP contribution in [-0.2, 0) is 9.59 Å². The minimum atomic E-state index is -0.241. The molecule has 0 saturated carbocycles. The van der Waals surface area contributed by atoms with Gasteiger partial charge < -0.3 is 10.2 Å². The number of hydrogen-bond donors (Lipinski definition) is 2. The van der Waals surface area contributed by atoms with Crippen LogP contribution in [-0.4, -0.2) is 38.8 Å². The number of nitrogens with zero attached hydrogens (tertiary/aromatic N) is 3. The summed E-state index contributed by atoms with van der Waals surface area (Å²) in [5, 5.41) is 10.5. The molecule has 2 N–H and O–H groups in total. The average molecular weight is 472 g/mol. The summed E-state index contributed by atoms with van der Waals surface area (Å²) >= 11 is 4.76. The van der Waals surface area contributed by atoms with Crippen LogP contribution < -0.4 is 10.2 Å². The van der Waals surface area contributed by atoms with Gasteiger partial charge >= 0.3 is 0 Å². The molecule has 1 aromatic heterocycles. The maximum absolute atomic E-state index is 13.0. The second-order valence-corrected chi connectivity index (χ2v) is 8.41. The average Bonchev–Trinajstić information content (AvgIpc) is 3.12. The molecule has 0 bridgehead atoms.